The molecular formula is C12H19N3O3. The van der Waals surface area contributed by atoms with Gasteiger partial charge in [0.1, 0.15) is 6.04 Å². The molecule has 1 aliphatic heterocycles. The van der Waals surface area contributed by atoms with E-state index in [9.17, 15) is 14.4 Å². The van der Waals surface area contributed by atoms with Gasteiger partial charge in [-0.1, -0.05) is 12.8 Å². The lowest BCUT2D eigenvalue weighted by Gasteiger charge is -2.25. The number of imide groups is 1. The molecule has 100 valence electrons. The number of carbonyl (C=O) groups excluding carboxylic acids is 3. The van der Waals surface area contributed by atoms with Gasteiger partial charge in [-0.3, -0.25) is 14.5 Å². The number of nitrogens with zero attached hydrogens (tertiary/aromatic N) is 2. The molecule has 0 aromatic carbocycles. The maximum absolute atomic E-state index is 12.0. The van der Waals surface area contributed by atoms with Gasteiger partial charge in [-0.15, -0.1) is 0 Å². The molecule has 1 saturated carbocycles. The Morgan fingerprint density at radius 2 is 1.94 bits per heavy atom. The van der Waals surface area contributed by atoms with Gasteiger partial charge in [0.15, 0.2) is 0 Å². The number of hydrogen-bond donors (Lipinski definition) is 1. The number of nitrogens with one attached hydrogen (secondary N) is 1. The van der Waals surface area contributed by atoms with Gasteiger partial charge in [-0.05, 0) is 12.8 Å². The van der Waals surface area contributed by atoms with E-state index in [1.807, 2.05) is 0 Å². The molecule has 0 aromatic rings. The second-order valence-corrected chi connectivity index (χ2v) is 5.05. The van der Waals surface area contributed by atoms with Crippen molar-refractivity contribution in [1.29, 1.82) is 0 Å². The molecule has 0 spiro atoms. The highest BCUT2D eigenvalue weighted by molar-refractivity contribution is 6.06. The van der Waals surface area contributed by atoms with E-state index in [2.05, 4.69) is 5.32 Å². The minimum absolute atomic E-state index is 0.0690. The molecule has 2 rings (SSSR count). The zero-order chi connectivity index (χ0) is 13.3. The summed E-state index contributed by atoms with van der Waals surface area (Å²) in [5.41, 5.74) is 0. The largest absolute Gasteiger partial charge is 0.326 e. The van der Waals surface area contributed by atoms with E-state index in [0.29, 0.717) is 0 Å². The first-order valence-corrected chi connectivity index (χ1v) is 6.34. The van der Waals surface area contributed by atoms with Crippen molar-refractivity contribution in [2.24, 2.45) is 0 Å². The summed E-state index contributed by atoms with van der Waals surface area (Å²) in [5, 5.41) is 2.64. The Morgan fingerprint density at radius 3 is 2.44 bits per heavy atom. The van der Waals surface area contributed by atoms with Gasteiger partial charge in [0, 0.05) is 20.1 Å². The molecule has 18 heavy (non-hydrogen) atoms. The number of likely N-dealkylation sites (N-methyl/N-ethyl adjacent to an activating group) is 1. The molecule has 1 atom stereocenters. The van der Waals surface area contributed by atoms with Crippen LogP contribution in [0.4, 0.5) is 4.79 Å². The average molecular weight is 253 g/mol. The molecule has 0 aromatic heterocycles. The summed E-state index contributed by atoms with van der Waals surface area (Å²) in [6, 6.07) is -0.697. The Hall–Kier alpha value is -1.59. The minimum atomic E-state index is -0.696. The van der Waals surface area contributed by atoms with Crippen molar-refractivity contribution in [2.75, 3.05) is 14.1 Å². The summed E-state index contributed by atoms with van der Waals surface area (Å²) in [6.07, 6.45) is 4.39. The summed E-state index contributed by atoms with van der Waals surface area (Å²) in [6.45, 7) is 0. The standard InChI is InChI=1S/C12H19N3O3/c1-14(8-5-3-4-6-8)12(18)13-9-7-10(16)15(2)11(9)17/h8-9H,3-7H2,1-2H3,(H,13,18). The van der Waals surface area contributed by atoms with E-state index in [4.69, 9.17) is 0 Å². The van der Waals surface area contributed by atoms with E-state index >= 15 is 0 Å². The van der Waals surface area contributed by atoms with Crippen LogP contribution in [0.3, 0.4) is 0 Å². The van der Waals surface area contributed by atoms with Gasteiger partial charge >= 0.3 is 6.03 Å². The third kappa shape index (κ3) is 2.32. The second kappa shape index (κ2) is 4.96. The molecule has 1 unspecified atom stereocenters. The predicted octanol–water partition coefficient (Wildman–Crippen LogP) is 0.328. The molecule has 0 bridgehead atoms. The van der Waals surface area contributed by atoms with Crippen LogP contribution >= 0.6 is 0 Å². The highest BCUT2D eigenvalue weighted by Gasteiger charge is 2.38. The van der Waals surface area contributed by atoms with Gasteiger partial charge in [0.2, 0.25) is 5.91 Å². The Balaban J connectivity index is 1.91. The van der Waals surface area contributed by atoms with E-state index in [1.54, 1.807) is 11.9 Å². The van der Waals surface area contributed by atoms with Gasteiger partial charge in [-0.25, -0.2) is 4.79 Å². The lowest BCUT2D eigenvalue weighted by Crippen LogP contribution is -2.48. The smallest absolute Gasteiger partial charge is 0.318 e. The Bertz CT molecular complexity index is 377. The molecule has 6 heteroatoms. The van der Waals surface area contributed by atoms with Crippen LogP contribution in [0, 0.1) is 0 Å². The van der Waals surface area contributed by atoms with Crippen LogP contribution in [-0.2, 0) is 9.59 Å². The fourth-order valence-electron chi connectivity index (χ4n) is 2.58. The van der Waals surface area contributed by atoms with Crippen molar-refractivity contribution in [3.8, 4) is 0 Å². The average Bonchev–Trinajstić information content (AvgIpc) is 2.94. The number of likely N-dealkylation sites (tertiary alicyclic amines) is 1. The third-order valence-corrected chi connectivity index (χ3v) is 3.87. The number of urea groups is 1. The van der Waals surface area contributed by atoms with E-state index in [1.165, 1.54) is 7.05 Å². The monoisotopic (exact) mass is 253 g/mol. The number of hydrogen-bond acceptors (Lipinski definition) is 3. The van der Waals surface area contributed by atoms with Crippen LogP contribution in [0.5, 0.6) is 0 Å². The maximum Gasteiger partial charge on any atom is 0.318 e. The minimum Gasteiger partial charge on any atom is -0.326 e. The fourth-order valence-corrected chi connectivity index (χ4v) is 2.58. The van der Waals surface area contributed by atoms with Crippen molar-refractivity contribution in [2.45, 2.75) is 44.2 Å². The van der Waals surface area contributed by atoms with E-state index in [-0.39, 0.29) is 30.3 Å². The van der Waals surface area contributed by atoms with Crippen LogP contribution in [-0.4, -0.2) is 53.8 Å². The molecule has 1 heterocycles. The van der Waals surface area contributed by atoms with Gasteiger partial charge in [0.25, 0.3) is 5.91 Å². The number of rotatable bonds is 2. The van der Waals surface area contributed by atoms with Gasteiger partial charge in [-0.2, -0.15) is 0 Å². The SMILES string of the molecule is CN1C(=O)CC(NC(=O)N(C)C2CCCC2)C1=O. The first-order chi connectivity index (χ1) is 8.50. The van der Waals surface area contributed by atoms with Crippen molar-refractivity contribution in [3.05, 3.63) is 0 Å². The van der Waals surface area contributed by atoms with Crippen LogP contribution in [0.2, 0.25) is 0 Å². The van der Waals surface area contributed by atoms with Crippen molar-refractivity contribution >= 4 is 17.8 Å². The molecule has 2 fully saturated rings. The van der Waals surface area contributed by atoms with Crippen LogP contribution in [0.25, 0.3) is 0 Å². The van der Waals surface area contributed by atoms with Gasteiger partial charge < -0.3 is 10.2 Å². The highest BCUT2D eigenvalue weighted by atomic mass is 16.2. The lowest BCUT2D eigenvalue weighted by molar-refractivity contribution is -0.137. The topological polar surface area (TPSA) is 69.7 Å². The van der Waals surface area contributed by atoms with Crippen molar-refractivity contribution < 1.29 is 14.4 Å². The summed E-state index contributed by atoms with van der Waals surface area (Å²) < 4.78 is 0. The molecule has 6 nitrogen and oxygen atoms in total. The third-order valence-electron chi connectivity index (χ3n) is 3.87. The molecule has 1 saturated heterocycles. The van der Waals surface area contributed by atoms with Gasteiger partial charge in [0.05, 0.1) is 6.42 Å². The molecule has 4 amide bonds. The Morgan fingerprint density at radius 1 is 1.33 bits per heavy atom. The second-order valence-electron chi connectivity index (χ2n) is 5.05. The molecule has 1 N–H and O–H groups in total. The Kier molecular flexibility index (Phi) is 3.54. The number of carbonyl (C=O) groups is 3. The summed E-state index contributed by atoms with van der Waals surface area (Å²) in [5.74, 6) is -0.568. The number of amides is 4. The highest BCUT2D eigenvalue weighted by Crippen LogP contribution is 2.22. The van der Waals surface area contributed by atoms with Crippen LogP contribution in [0.15, 0.2) is 0 Å². The first kappa shape index (κ1) is 12.9. The normalized spacial score (nSPS) is 24.8. The molecule has 1 aliphatic carbocycles. The van der Waals surface area contributed by atoms with E-state index < -0.39 is 6.04 Å². The zero-order valence-corrected chi connectivity index (χ0v) is 10.8. The van der Waals surface area contributed by atoms with E-state index in [0.717, 1.165) is 30.6 Å². The van der Waals surface area contributed by atoms with Crippen molar-refractivity contribution in [1.82, 2.24) is 15.1 Å². The first-order valence-electron chi connectivity index (χ1n) is 6.34. The van der Waals surface area contributed by atoms with Crippen LogP contribution < -0.4 is 5.32 Å². The lowest BCUT2D eigenvalue weighted by atomic mass is 10.2. The predicted molar refractivity (Wildman–Crippen MR) is 64.7 cm³/mol. The summed E-state index contributed by atoms with van der Waals surface area (Å²) in [7, 11) is 3.19. The molecule has 0 radical (unpaired) electrons. The molecular weight excluding hydrogens is 234 g/mol. The maximum atomic E-state index is 12.0. The zero-order valence-electron chi connectivity index (χ0n) is 10.8. The van der Waals surface area contributed by atoms with Crippen LogP contribution in [0.1, 0.15) is 32.1 Å². The quantitative estimate of drug-likeness (QED) is 0.721. The summed E-state index contributed by atoms with van der Waals surface area (Å²) >= 11 is 0. The molecule has 2 aliphatic rings. The Labute approximate surface area is 106 Å². The fraction of sp³-hybridized carbons (Fsp3) is 0.750. The van der Waals surface area contributed by atoms with Crippen molar-refractivity contribution in [3.63, 3.8) is 0 Å². The summed E-state index contributed by atoms with van der Waals surface area (Å²) in [4.78, 5) is 37.7.